The number of nitrogens with one attached hydrogen (secondary N) is 1. The van der Waals surface area contributed by atoms with Gasteiger partial charge in [0.05, 0.1) is 19.2 Å². The number of nitrogens with two attached hydrogens (primary N) is 1. The zero-order chi connectivity index (χ0) is 23.5. The molecule has 34 heavy (non-hydrogen) atoms. The minimum atomic E-state index is -0.341. The number of carbonyl (C=O) groups excluding carboxylic acids is 1. The average Bonchev–Trinajstić information content (AvgIpc) is 3.26. The first-order valence-electron chi connectivity index (χ1n) is 10.8. The molecule has 3 N–H and O–H groups in total. The number of anilines is 2. The van der Waals surface area contributed by atoms with E-state index in [0.717, 1.165) is 44.9 Å². The fraction of sp³-hybridized carbons (Fsp3) is 0.0741. The number of aromatic nitrogens is 3. The van der Waals surface area contributed by atoms with Crippen LogP contribution in [0.5, 0.6) is 5.75 Å². The van der Waals surface area contributed by atoms with Gasteiger partial charge in [-0.25, -0.2) is 4.52 Å². The molecule has 7 heteroatoms. The molecule has 0 unspecified atom stereocenters. The smallest absolute Gasteiger partial charge is 0.247 e. The lowest BCUT2D eigenvalue weighted by molar-refractivity contribution is -0.117. The normalized spacial score (nSPS) is 10.9. The summed E-state index contributed by atoms with van der Waals surface area (Å²) in [6.45, 7) is 0. The lowest BCUT2D eigenvalue weighted by atomic mass is 9.98. The first kappa shape index (κ1) is 21.2. The quantitative estimate of drug-likeness (QED) is 0.371. The molecular weight excluding hydrogens is 426 g/mol. The van der Waals surface area contributed by atoms with Crippen molar-refractivity contribution in [2.75, 3.05) is 12.4 Å². The molecule has 0 atom stereocenters. The number of ether oxygens (including phenoxy) is 1. The monoisotopic (exact) mass is 449 g/mol. The van der Waals surface area contributed by atoms with Gasteiger partial charge in [0, 0.05) is 11.8 Å². The van der Waals surface area contributed by atoms with Crippen molar-refractivity contribution < 1.29 is 9.53 Å². The van der Waals surface area contributed by atoms with E-state index in [4.69, 9.17) is 10.5 Å². The third kappa shape index (κ3) is 4.45. The van der Waals surface area contributed by atoms with Crippen molar-refractivity contribution in [1.82, 2.24) is 14.6 Å². The largest absolute Gasteiger partial charge is 0.495 e. The zero-order valence-corrected chi connectivity index (χ0v) is 18.6. The number of carbonyl (C=O) groups is 1. The van der Waals surface area contributed by atoms with Crippen LogP contribution in [0, 0.1) is 0 Å². The molecule has 3 aromatic carbocycles. The highest BCUT2D eigenvalue weighted by Crippen LogP contribution is 2.29. The number of hydrogen-bond acceptors (Lipinski definition) is 5. The van der Waals surface area contributed by atoms with Gasteiger partial charge in [0.15, 0.2) is 5.65 Å². The van der Waals surface area contributed by atoms with Crippen LogP contribution in [0.25, 0.3) is 27.9 Å². The molecule has 0 radical (unpaired) electrons. The van der Waals surface area contributed by atoms with Gasteiger partial charge >= 0.3 is 0 Å². The molecule has 0 saturated heterocycles. The molecule has 2 aromatic heterocycles. The highest BCUT2D eigenvalue weighted by Gasteiger charge is 2.09. The Hall–Kier alpha value is -4.65. The minimum absolute atomic E-state index is 0.224. The van der Waals surface area contributed by atoms with Gasteiger partial charge in [0.1, 0.15) is 5.75 Å². The number of amides is 1. The van der Waals surface area contributed by atoms with E-state index in [1.807, 2.05) is 72.9 Å². The van der Waals surface area contributed by atoms with E-state index in [0.29, 0.717) is 5.95 Å². The second kappa shape index (κ2) is 9.07. The molecule has 168 valence electrons. The Balaban J connectivity index is 1.44. The van der Waals surface area contributed by atoms with Gasteiger partial charge < -0.3 is 15.8 Å². The van der Waals surface area contributed by atoms with Gasteiger partial charge in [-0.2, -0.15) is 4.98 Å². The van der Waals surface area contributed by atoms with E-state index in [-0.39, 0.29) is 12.3 Å². The van der Waals surface area contributed by atoms with Gasteiger partial charge in [0.2, 0.25) is 11.9 Å². The van der Waals surface area contributed by atoms with E-state index < -0.39 is 0 Å². The number of para-hydroxylation sites is 2. The number of primary amides is 1. The molecule has 0 aliphatic carbocycles. The molecule has 1 amide bonds. The Morgan fingerprint density at radius 3 is 2.44 bits per heavy atom. The van der Waals surface area contributed by atoms with Crippen LogP contribution in [0.2, 0.25) is 0 Å². The van der Waals surface area contributed by atoms with E-state index >= 15 is 0 Å². The van der Waals surface area contributed by atoms with Crippen molar-refractivity contribution in [2.24, 2.45) is 5.73 Å². The molecule has 5 rings (SSSR count). The molecule has 7 nitrogen and oxygen atoms in total. The van der Waals surface area contributed by atoms with Crippen molar-refractivity contribution in [2.45, 2.75) is 6.42 Å². The topological polar surface area (TPSA) is 94.5 Å². The lowest BCUT2D eigenvalue weighted by Gasteiger charge is -2.08. The number of rotatable bonds is 7. The van der Waals surface area contributed by atoms with Crippen LogP contribution >= 0.6 is 0 Å². The van der Waals surface area contributed by atoms with Crippen LogP contribution in [0.3, 0.4) is 0 Å². The summed E-state index contributed by atoms with van der Waals surface area (Å²) in [6, 6.07) is 27.7. The van der Waals surface area contributed by atoms with Crippen LogP contribution in [-0.4, -0.2) is 27.6 Å². The fourth-order valence-corrected chi connectivity index (χ4v) is 3.92. The molecular formula is C27H23N5O2. The van der Waals surface area contributed by atoms with Crippen LogP contribution in [0.15, 0.2) is 91.1 Å². The Labute approximate surface area is 196 Å². The third-order valence-electron chi connectivity index (χ3n) is 5.52. The predicted molar refractivity (Wildman–Crippen MR) is 133 cm³/mol. The van der Waals surface area contributed by atoms with Crippen molar-refractivity contribution in [3.05, 3.63) is 96.7 Å². The Morgan fingerprint density at radius 1 is 0.912 bits per heavy atom. The Bertz CT molecular complexity index is 1490. The van der Waals surface area contributed by atoms with Gasteiger partial charge in [0.25, 0.3) is 0 Å². The van der Waals surface area contributed by atoms with Crippen molar-refractivity contribution in [3.8, 4) is 28.0 Å². The summed E-state index contributed by atoms with van der Waals surface area (Å²) in [6.07, 6.45) is 2.18. The van der Waals surface area contributed by atoms with Crippen LogP contribution in [0.4, 0.5) is 11.6 Å². The fourth-order valence-electron chi connectivity index (χ4n) is 3.92. The first-order valence-corrected chi connectivity index (χ1v) is 10.8. The zero-order valence-electron chi connectivity index (χ0n) is 18.6. The molecule has 0 saturated carbocycles. The summed E-state index contributed by atoms with van der Waals surface area (Å²) in [7, 11) is 1.63. The van der Waals surface area contributed by atoms with Crippen molar-refractivity contribution >= 4 is 23.2 Å². The van der Waals surface area contributed by atoms with Crippen LogP contribution in [-0.2, 0) is 11.2 Å². The number of hydrogen-bond donors (Lipinski definition) is 2. The van der Waals surface area contributed by atoms with Crippen LogP contribution in [0.1, 0.15) is 5.56 Å². The molecule has 2 heterocycles. The van der Waals surface area contributed by atoms with Crippen molar-refractivity contribution in [1.29, 1.82) is 0 Å². The number of nitrogens with zero attached hydrogens (tertiary/aromatic N) is 3. The highest BCUT2D eigenvalue weighted by molar-refractivity contribution is 5.78. The average molecular weight is 450 g/mol. The second-order valence-electron chi connectivity index (χ2n) is 7.91. The summed E-state index contributed by atoms with van der Waals surface area (Å²) in [5.41, 5.74) is 11.9. The Morgan fingerprint density at radius 2 is 1.65 bits per heavy atom. The summed E-state index contributed by atoms with van der Waals surface area (Å²) in [5, 5.41) is 7.80. The van der Waals surface area contributed by atoms with E-state index in [9.17, 15) is 4.79 Å². The number of methoxy groups -OCH3 is 1. The van der Waals surface area contributed by atoms with Gasteiger partial charge in [-0.15, -0.1) is 5.10 Å². The molecule has 5 aromatic rings. The van der Waals surface area contributed by atoms with Gasteiger partial charge in [-0.05, 0) is 52.6 Å². The van der Waals surface area contributed by atoms with E-state index in [2.05, 4.69) is 33.6 Å². The maximum atomic E-state index is 11.3. The molecule has 0 fully saturated rings. The molecule has 0 aliphatic heterocycles. The van der Waals surface area contributed by atoms with Gasteiger partial charge in [-0.3, -0.25) is 4.79 Å². The van der Waals surface area contributed by atoms with E-state index in [1.54, 1.807) is 11.6 Å². The van der Waals surface area contributed by atoms with Gasteiger partial charge in [-0.1, -0.05) is 54.6 Å². The molecule has 0 bridgehead atoms. The number of pyridine rings is 1. The summed E-state index contributed by atoms with van der Waals surface area (Å²) < 4.78 is 7.15. The standard InChI is InChI=1S/C27H23N5O2/c1-34-24-11-3-2-10-23(24)29-27-30-26-13-12-22(17-32(26)31-27)21-9-5-8-20(16-21)19-7-4-6-18(14-19)15-25(28)33/h2-14,16-17H,15H2,1H3,(H2,28,33)(H,29,31). The highest BCUT2D eigenvalue weighted by atomic mass is 16.5. The lowest BCUT2D eigenvalue weighted by Crippen LogP contribution is -2.13. The SMILES string of the molecule is COc1ccccc1Nc1nc2ccc(-c3cccc(-c4cccc(CC(N)=O)c4)c3)cn2n1. The Kier molecular flexibility index (Phi) is 5.66. The van der Waals surface area contributed by atoms with Crippen molar-refractivity contribution in [3.63, 3.8) is 0 Å². The first-order chi connectivity index (χ1) is 16.6. The van der Waals surface area contributed by atoms with Crippen LogP contribution < -0.4 is 15.8 Å². The van der Waals surface area contributed by atoms with E-state index in [1.165, 1.54) is 0 Å². The number of fused-ring (bicyclic) bond motifs is 1. The minimum Gasteiger partial charge on any atom is -0.495 e. The third-order valence-corrected chi connectivity index (χ3v) is 5.52. The maximum Gasteiger partial charge on any atom is 0.247 e. The number of benzene rings is 3. The summed E-state index contributed by atoms with van der Waals surface area (Å²) >= 11 is 0. The predicted octanol–water partition coefficient (Wildman–Crippen LogP) is 4.84. The summed E-state index contributed by atoms with van der Waals surface area (Å²) in [4.78, 5) is 15.9. The molecule has 0 aliphatic rings. The second-order valence-corrected chi connectivity index (χ2v) is 7.91. The maximum absolute atomic E-state index is 11.3. The summed E-state index contributed by atoms with van der Waals surface area (Å²) in [5.74, 6) is 0.868. The molecule has 0 spiro atoms.